The summed E-state index contributed by atoms with van der Waals surface area (Å²) >= 11 is 0. The Balaban J connectivity index is 1.40. The summed E-state index contributed by atoms with van der Waals surface area (Å²) in [7, 11) is 0. The number of anilines is 3. The number of nitrogens with zero attached hydrogens (tertiary/aromatic N) is 2. The largest absolute Gasteiger partial charge is 0.330 e. The monoisotopic (exact) mass is 484 g/mol. The van der Waals surface area contributed by atoms with Crippen LogP contribution in [0, 0.1) is 0 Å². The summed E-state index contributed by atoms with van der Waals surface area (Å²) in [5, 5.41) is 5.38. The first-order chi connectivity index (χ1) is 17.3. The van der Waals surface area contributed by atoms with E-state index in [1.807, 2.05) is 0 Å². The molecular formula is C27H24N4O5. The van der Waals surface area contributed by atoms with Gasteiger partial charge >= 0.3 is 0 Å². The molecule has 3 aromatic rings. The van der Waals surface area contributed by atoms with Gasteiger partial charge in [-0.3, -0.25) is 24.0 Å². The second-order valence-electron chi connectivity index (χ2n) is 8.16. The molecular weight excluding hydrogens is 460 g/mol. The third kappa shape index (κ3) is 5.00. The van der Waals surface area contributed by atoms with Crippen LogP contribution in [0.1, 0.15) is 44.9 Å². The number of imide groups is 1. The number of carbonyl (C=O) groups is 5. The van der Waals surface area contributed by atoms with E-state index in [0.29, 0.717) is 40.3 Å². The molecule has 0 fully saturated rings. The number of hydrogen-bond acceptors (Lipinski definition) is 5. The second kappa shape index (κ2) is 10.2. The van der Waals surface area contributed by atoms with Crippen LogP contribution in [0.3, 0.4) is 0 Å². The Morgan fingerprint density at radius 1 is 0.778 bits per heavy atom. The first-order valence-electron chi connectivity index (χ1n) is 11.3. The van der Waals surface area contributed by atoms with Gasteiger partial charge < -0.3 is 15.5 Å². The van der Waals surface area contributed by atoms with E-state index < -0.39 is 11.8 Å². The first-order valence-corrected chi connectivity index (χ1v) is 11.3. The summed E-state index contributed by atoms with van der Waals surface area (Å²) in [6.07, 6.45) is 0. The van der Waals surface area contributed by atoms with Gasteiger partial charge in [0.15, 0.2) is 0 Å². The lowest BCUT2D eigenvalue weighted by atomic mass is 10.1. The highest BCUT2D eigenvalue weighted by Crippen LogP contribution is 2.28. The molecule has 0 aromatic heterocycles. The van der Waals surface area contributed by atoms with Gasteiger partial charge in [0.2, 0.25) is 11.8 Å². The minimum atomic E-state index is -0.411. The fourth-order valence-electron chi connectivity index (χ4n) is 3.90. The van der Waals surface area contributed by atoms with Crippen molar-refractivity contribution >= 4 is 46.6 Å². The Labute approximate surface area is 207 Å². The molecule has 5 amide bonds. The van der Waals surface area contributed by atoms with Crippen molar-refractivity contribution in [1.82, 2.24) is 4.90 Å². The minimum absolute atomic E-state index is 0.164. The fraction of sp³-hybridized carbons (Fsp3) is 0.148. The number of amides is 5. The smallest absolute Gasteiger partial charge is 0.266 e. The standard InChI is InChI=1S/C27H24N4O5/c1-3-30(16-24(33)29-20-12-10-19(11-13-20)28-17(2)32)25(34)18-8-14-21(15-9-18)31-26(35)22-6-4-5-7-23(22)27(31)36/h4-15H,3,16H2,1-2H3,(H,28,32)(H,29,33). The van der Waals surface area contributed by atoms with Crippen LogP contribution >= 0.6 is 0 Å². The number of benzene rings is 3. The number of nitrogens with one attached hydrogen (secondary N) is 2. The highest BCUT2D eigenvalue weighted by atomic mass is 16.2. The highest BCUT2D eigenvalue weighted by molar-refractivity contribution is 6.34. The predicted molar refractivity (Wildman–Crippen MR) is 135 cm³/mol. The molecule has 9 nitrogen and oxygen atoms in total. The van der Waals surface area contributed by atoms with Gasteiger partial charge in [0.05, 0.1) is 16.8 Å². The topological polar surface area (TPSA) is 116 Å². The van der Waals surface area contributed by atoms with Crippen molar-refractivity contribution in [3.8, 4) is 0 Å². The molecule has 0 atom stereocenters. The molecule has 1 aliphatic rings. The van der Waals surface area contributed by atoms with Gasteiger partial charge in [-0.2, -0.15) is 0 Å². The molecule has 0 radical (unpaired) electrons. The normalized spacial score (nSPS) is 12.2. The Kier molecular flexibility index (Phi) is 6.91. The van der Waals surface area contributed by atoms with Crippen LogP contribution in [0.25, 0.3) is 0 Å². The predicted octanol–water partition coefficient (Wildman–Crippen LogP) is 3.55. The van der Waals surface area contributed by atoms with Crippen LogP contribution < -0.4 is 15.5 Å². The molecule has 1 aliphatic heterocycles. The molecule has 0 aliphatic carbocycles. The molecule has 2 N–H and O–H groups in total. The van der Waals surface area contributed by atoms with E-state index in [9.17, 15) is 24.0 Å². The highest BCUT2D eigenvalue weighted by Gasteiger charge is 2.36. The SMILES string of the molecule is CCN(CC(=O)Nc1ccc(NC(C)=O)cc1)C(=O)c1ccc(N2C(=O)c3ccccc3C2=O)cc1. The van der Waals surface area contributed by atoms with Crippen molar-refractivity contribution < 1.29 is 24.0 Å². The van der Waals surface area contributed by atoms with Gasteiger partial charge in [-0.05, 0) is 67.6 Å². The zero-order valence-electron chi connectivity index (χ0n) is 19.8. The maximum atomic E-state index is 13.0. The van der Waals surface area contributed by atoms with Crippen molar-refractivity contribution in [1.29, 1.82) is 0 Å². The van der Waals surface area contributed by atoms with E-state index in [4.69, 9.17) is 0 Å². The zero-order valence-corrected chi connectivity index (χ0v) is 19.8. The number of rotatable bonds is 7. The summed E-state index contributed by atoms with van der Waals surface area (Å²) in [4.78, 5) is 64.5. The molecule has 3 aromatic carbocycles. The van der Waals surface area contributed by atoms with Crippen molar-refractivity contribution in [2.24, 2.45) is 0 Å². The third-order valence-electron chi connectivity index (χ3n) is 5.66. The van der Waals surface area contributed by atoms with Crippen molar-refractivity contribution in [2.45, 2.75) is 13.8 Å². The van der Waals surface area contributed by atoms with Crippen LogP contribution in [0.2, 0.25) is 0 Å². The Morgan fingerprint density at radius 2 is 1.31 bits per heavy atom. The second-order valence-corrected chi connectivity index (χ2v) is 8.16. The Morgan fingerprint density at radius 3 is 1.81 bits per heavy atom. The van der Waals surface area contributed by atoms with E-state index >= 15 is 0 Å². The lowest BCUT2D eigenvalue weighted by Gasteiger charge is -2.21. The molecule has 0 unspecified atom stereocenters. The van der Waals surface area contributed by atoms with Gasteiger partial charge in [-0.15, -0.1) is 0 Å². The Hall–Kier alpha value is -4.79. The number of likely N-dealkylation sites (N-methyl/N-ethyl adjacent to an activating group) is 1. The summed E-state index contributed by atoms with van der Waals surface area (Å²) < 4.78 is 0. The van der Waals surface area contributed by atoms with E-state index in [2.05, 4.69) is 10.6 Å². The first kappa shape index (κ1) is 24.3. The van der Waals surface area contributed by atoms with Gasteiger partial charge in [-0.1, -0.05) is 12.1 Å². The number of carbonyl (C=O) groups excluding carboxylic acids is 5. The lowest BCUT2D eigenvalue weighted by molar-refractivity contribution is -0.117. The summed E-state index contributed by atoms with van der Waals surface area (Å²) in [6, 6.07) is 19.4. The van der Waals surface area contributed by atoms with E-state index in [-0.39, 0.29) is 24.3 Å². The maximum absolute atomic E-state index is 13.0. The molecule has 0 bridgehead atoms. The third-order valence-corrected chi connectivity index (χ3v) is 5.66. The molecule has 1 heterocycles. The summed E-state index contributed by atoms with van der Waals surface area (Å²) in [5.74, 6) is -1.75. The van der Waals surface area contributed by atoms with Crippen LogP contribution in [0.5, 0.6) is 0 Å². The molecule has 4 rings (SSSR count). The van der Waals surface area contributed by atoms with Gasteiger partial charge in [0, 0.05) is 30.4 Å². The molecule has 0 spiro atoms. The molecule has 0 saturated heterocycles. The Bertz CT molecular complexity index is 1310. The molecule has 36 heavy (non-hydrogen) atoms. The van der Waals surface area contributed by atoms with Crippen molar-refractivity contribution in [3.05, 3.63) is 89.5 Å². The summed E-state index contributed by atoms with van der Waals surface area (Å²) in [5.41, 5.74) is 2.51. The van der Waals surface area contributed by atoms with Gasteiger partial charge in [-0.25, -0.2) is 4.90 Å². The van der Waals surface area contributed by atoms with Crippen molar-refractivity contribution in [2.75, 3.05) is 28.6 Å². The zero-order chi connectivity index (χ0) is 25.8. The van der Waals surface area contributed by atoms with Crippen LogP contribution in [-0.4, -0.2) is 47.5 Å². The van der Waals surface area contributed by atoms with Crippen molar-refractivity contribution in [3.63, 3.8) is 0 Å². The fourth-order valence-corrected chi connectivity index (χ4v) is 3.90. The molecule has 9 heteroatoms. The summed E-state index contributed by atoms with van der Waals surface area (Å²) in [6.45, 7) is 3.31. The van der Waals surface area contributed by atoms with Crippen LogP contribution in [0.15, 0.2) is 72.8 Å². The quantitative estimate of drug-likeness (QED) is 0.498. The van der Waals surface area contributed by atoms with E-state index in [1.165, 1.54) is 24.0 Å². The van der Waals surface area contributed by atoms with Crippen LogP contribution in [-0.2, 0) is 9.59 Å². The van der Waals surface area contributed by atoms with E-state index in [0.717, 1.165) is 4.90 Å². The van der Waals surface area contributed by atoms with E-state index in [1.54, 1.807) is 67.6 Å². The number of fused-ring (bicyclic) bond motifs is 1. The minimum Gasteiger partial charge on any atom is -0.330 e. The molecule has 182 valence electrons. The van der Waals surface area contributed by atoms with Gasteiger partial charge in [0.25, 0.3) is 17.7 Å². The van der Waals surface area contributed by atoms with Gasteiger partial charge in [0.1, 0.15) is 6.54 Å². The maximum Gasteiger partial charge on any atom is 0.266 e. The lowest BCUT2D eigenvalue weighted by Crippen LogP contribution is -2.38. The van der Waals surface area contributed by atoms with Crippen LogP contribution in [0.4, 0.5) is 17.1 Å². The average Bonchev–Trinajstić information content (AvgIpc) is 3.13. The number of hydrogen-bond donors (Lipinski definition) is 2. The molecule has 0 saturated carbocycles. The average molecular weight is 485 g/mol.